The normalized spacial score (nSPS) is 20.8. The molecule has 2 atom stereocenters. The van der Waals surface area contributed by atoms with Crippen LogP contribution in [0.2, 0.25) is 0 Å². The number of aromatic nitrogens is 4. The monoisotopic (exact) mass is 341 g/mol. The Morgan fingerprint density at radius 2 is 2.08 bits per heavy atom. The van der Waals surface area contributed by atoms with Gasteiger partial charge in [0.25, 0.3) is 0 Å². The first-order valence-corrected chi connectivity index (χ1v) is 8.16. The van der Waals surface area contributed by atoms with Crippen molar-refractivity contribution in [1.29, 1.82) is 0 Å². The number of nitrogens with zero attached hydrogens (tertiary/aromatic N) is 3. The summed E-state index contributed by atoms with van der Waals surface area (Å²) < 4.78 is 3.13. The highest BCUT2D eigenvalue weighted by Gasteiger charge is 2.31. The van der Waals surface area contributed by atoms with E-state index in [0.29, 0.717) is 6.42 Å². The first-order chi connectivity index (χ1) is 12.0. The van der Waals surface area contributed by atoms with E-state index in [1.807, 2.05) is 25.1 Å². The van der Waals surface area contributed by atoms with Gasteiger partial charge in [0.05, 0.1) is 29.0 Å². The molecule has 0 radical (unpaired) electrons. The average molecular weight is 341 g/mol. The summed E-state index contributed by atoms with van der Waals surface area (Å²) in [6.45, 7) is 1.88. The van der Waals surface area contributed by atoms with Crippen LogP contribution in [0.25, 0.3) is 22.3 Å². The molecule has 1 fully saturated rings. The van der Waals surface area contributed by atoms with Crippen molar-refractivity contribution in [2.24, 2.45) is 7.05 Å². The summed E-state index contributed by atoms with van der Waals surface area (Å²) >= 11 is 0. The molecule has 3 aromatic rings. The van der Waals surface area contributed by atoms with Crippen LogP contribution in [0.5, 0.6) is 0 Å². The predicted molar refractivity (Wildman–Crippen MR) is 91.9 cm³/mol. The summed E-state index contributed by atoms with van der Waals surface area (Å²) in [5, 5.41) is 12.7. The highest BCUT2D eigenvalue weighted by atomic mass is 16.3. The number of hydrogen-bond acceptors (Lipinski definition) is 4. The van der Waals surface area contributed by atoms with Gasteiger partial charge in [-0.1, -0.05) is 6.07 Å². The second kappa shape index (κ2) is 5.59. The number of aliphatic hydroxyl groups excluding tert-OH is 1. The van der Waals surface area contributed by atoms with Crippen LogP contribution < -0.4 is 11.0 Å². The molecule has 130 valence electrons. The van der Waals surface area contributed by atoms with Gasteiger partial charge in [0.2, 0.25) is 5.91 Å². The van der Waals surface area contributed by atoms with E-state index in [4.69, 9.17) is 0 Å². The van der Waals surface area contributed by atoms with E-state index in [0.717, 1.165) is 28.1 Å². The number of aromatic amines is 1. The number of fused-ring (bicyclic) bond motifs is 1. The number of H-pyrrole nitrogens is 1. The summed E-state index contributed by atoms with van der Waals surface area (Å²) in [6, 6.07) is 5.23. The molecular weight excluding hydrogens is 322 g/mol. The van der Waals surface area contributed by atoms with Crippen LogP contribution in [0.15, 0.2) is 29.2 Å². The molecule has 8 heteroatoms. The number of hydrogen-bond donors (Lipinski definition) is 3. The minimum atomic E-state index is -1.07. The molecule has 0 aliphatic carbocycles. The van der Waals surface area contributed by atoms with Crippen LogP contribution in [-0.4, -0.2) is 36.3 Å². The molecule has 3 heterocycles. The van der Waals surface area contributed by atoms with E-state index in [9.17, 15) is 14.7 Å². The maximum Gasteiger partial charge on any atom is 0.329 e. The van der Waals surface area contributed by atoms with Crippen molar-refractivity contribution in [3.05, 3.63) is 40.7 Å². The third kappa shape index (κ3) is 2.45. The molecule has 0 spiro atoms. The van der Waals surface area contributed by atoms with Crippen molar-refractivity contribution in [2.75, 3.05) is 0 Å². The fraction of sp³-hybridized carbons (Fsp3) is 0.353. The zero-order valence-corrected chi connectivity index (χ0v) is 14.0. The van der Waals surface area contributed by atoms with Crippen LogP contribution in [0, 0.1) is 6.92 Å². The second-order valence-electron chi connectivity index (χ2n) is 6.42. The highest BCUT2D eigenvalue weighted by Crippen LogP contribution is 2.27. The molecule has 1 amide bonds. The molecule has 3 N–H and O–H groups in total. The lowest BCUT2D eigenvalue weighted by atomic mass is 10.0. The quantitative estimate of drug-likeness (QED) is 0.641. The lowest BCUT2D eigenvalue weighted by Gasteiger charge is -2.29. The third-order valence-corrected chi connectivity index (χ3v) is 4.78. The molecule has 25 heavy (non-hydrogen) atoms. The number of imidazole rings is 2. The van der Waals surface area contributed by atoms with E-state index >= 15 is 0 Å². The van der Waals surface area contributed by atoms with Gasteiger partial charge in [0.1, 0.15) is 12.1 Å². The Morgan fingerprint density at radius 3 is 2.76 bits per heavy atom. The fourth-order valence-corrected chi connectivity index (χ4v) is 3.46. The number of carbonyl (C=O) groups is 1. The molecule has 1 aliphatic rings. The van der Waals surface area contributed by atoms with Crippen molar-refractivity contribution in [3.8, 4) is 11.3 Å². The number of aryl methyl sites for hydroxylation is 2. The van der Waals surface area contributed by atoms with Crippen molar-refractivity contribution in [3.63, 3.8) is 0 Å². The Kier molecular flexibility index (Phi) is 3.50. The van der Waals surface area contributed by atoms with E-state index in [-0.39, 0.29) is 18.0 Å². The minimum absolute atomic E-state index is 0.200. The van der Waals surface area contributed by atoms with Crippen molar-refractivity contribution in [2.45, 2.75) is 32.0 Å². The number of benzene rings is 1. The maximum atomic E-state index is 12.7. The molecular formula is C17H19N5O3. The van der Waals surface area contributed by atoms with Gasteiger partial charge in [-0.05, 0) is 25.5 Å². The van der Waals surface area contributed by atoms with Gasteiger partial charge in [-0.2, -0.15) is 0 Å². The summed E-state index contributed by atoms with van der Waals surface area (Å²) in [5.74, 6) is 0.622. The smallest absolute Gasteiger partial charge is 0.329 e. The zero-order chi connectivity index (χ0) is 17.7. The molecule has 2 aromatic heterocycles. The lowest BCUT2D eigenvalue weighted by Crippen LogP contribution is -2.47. The Bertz CT molecular complexity index is 1030. The average Bonchev–Trinajstić information content (AvgIpc) is 3.11. The van der Waals surface area contributed by atoms with E-state index in [2.05, 4.69) is 15.3 Å². The standard InChI is InChI=1S/C17H19N5O3/c1-9-18-8-11(19-9)10-3-4-12-14(7-10)21(2)17(25)22(12)13-5-6-15(23)20-16(13)24/h3-4,7-8,13,16,24H,5-6H2,1-2H3,(H,18,19)(H,20,23). The number of amides is 1. The van der Waals surface area contributed by atoms with Gasteiger partial charge in [0.15, 0.2) is 0 Å². The summed E-state index contributed by atoms with van der Waals surface area (Å²) in [4.78, 5) is 31.6. The van der Waals surface area contributed by atoms with Gasteiger partial charge in [0, 0.05) is 19.0 Å². The van der Waals surface area contributed by atoms with Gasteiger partial charge in [-0.3, -0.25) is 13.9 Å². The predicted octanol–water partition coefficient (Wildman–Crippen LogP) is 0.808. The lowest BCUT2D eigenvalue weighted by molar-refractivity contribution is -0.128. The number of nitrogens with one attached hydrogen (secondary N) is 2. The minimum Gasteiger partial charge on any atom is -0.372 e. The first-order valence-electron chi connectivity index (χ1n) is 8.16. The Balaban J connectivity index is 1.85. The first kappa shape index (κ1) is 15.6. The molecule has 0 bridgehead atoms. The fourth-order valence-electron chi connectivity index (χ4n) is 3.46. The summed E-state index contributed by atoms with van der Waals surface area (Å²) in [7, 11) is 1.71. The molecule has 1 saturated heterocycles. The number of aliphatic hydroxyl groups is 1. The number of piperidine rings is 1. The van der Waals surface area contributed by atoms with Crippen LogP contribution in [0.3, 0.4) is 0 Å². The van der Waals surface area contributed by atoms with Crippen molar-refractivity contribution in [1.82, 2.24) is 24.4 Å². The topological polar surface area (TPSA) is 105 Å². The summed E-state index contributed by atoms with van der Waals surface area (Å²) in [5.41, 5.74) is 3.09. The molecule has 8 nitrogen and oxygen atoms in total. The van der Waals surface area contributed by atoms with Crippen LogP contribution >= 0.6 is 0 Å². The van der Waals surface area contributed by atoms with Crippen molar-refractivity contribution < 1.29 is 9.90 Å². The Hall–Kier alpha value is -2.87. The van der Waals surface area contributed by atoms with Gasteiger partial charge in [-0.15, -0.1) is 0 Å². The highest BCUT2D eigenvalue weighted by molar-refractivity contribution is 5.82. The SMILES string of the molecule is Cc1ncc(-c2ccc3c(c2)n(C)c(=O)n3C2CCC(=O)NC2O)[nH]1. The van der Waals surface area contributed by atoms with E-state index in [1.165, 1.54) is 0 Å². The van der Waals surface area contributed by atoms with E-state index in [1.54, 1.807) is 22.4 Å². The molecule has 1 aliphatic heterocycles. The van der Waals surface area contributed by atoms with Gasteiger partial charge < -0.3 is 15.4 Å². The van der Waals surface area contributed by atoms with Crippen LogP contribution in [0.1, 0.15) is 24.7 Å². The van der Waals surface area contributed by atoms with Gasteiger partial charge >= 0.3 is 5.69 Å². The molecule has 2 unspecified atom stereocenters. The summed E-state index contributed by atoms with van der Waals surface area (Å²) in [6.07, 6.45) is 1.40. The van der Waals surface area contributed by atoms with Crippen molar-refractivity contribution >= 4 is 16.9 Å². The van der Waals surface area contributed by atoms with Crippen LogP contribution in [-0.2, 0) is 11.8 Å². The third-order valence-electron chi connectivity index (χ3n) is 4.78. The number of carbonyl (C=O) groups excluding carboxylic acids is 1. The number of rotatable bonds is 2. The van der Waals surface area contributed by atoms with Crippen LogP contribution in [0.4, 0.5) is 0 Å². The molecule has 1 aromatic carbocycles. The van der Waals surface area contributed by atoms with Gasteiger partial charge in [-0.25, -0.2) is 9.78 Å². The molecule has 0 saturated carbocycles. The Morgan fingerprint density at radius 1 is 1.28 bits per heavy atom. The zero-order valence-electron chi connectivity index (χ0n) is 14.0. The molecule has 4 rings (SSSR count). The second-order valence-corrected chi connectivity index (χ2v) is 6.42. The largest absolute Gasteiger partial charge is 0.372 e. The van der Waals surface area contributed by atoms with E-state index < -0.39 is 12.3 Å². The Labute approximate surface area is 143 Å². The maximum absolute atomic E-state index is 12.7.